The van der Waals surface area contributed by atoms with Crippen molar-refractivity contribution in [2.45, 2.75) is 26.3 Å². The minimum atomic E-state index is -0.315. The summed E-state index contributed by atoms with van der Waals surface area (Å²) in [7, 11) is 1.60. The number of benzene rings is 2. The van der Waals surface area contributed by atoms with E-state index in [0.717, 1.165) is 16.5 Å². The summed E-state index contributed by atoms with van der Waals surface area (Å²) in [5.74, 6) is -0.187. The van der Waals surface area contributed by atoms with E-state index in [1.807, 2.05) is 63.2 Å². The Morgan fingerprint density at radius 2 is 1.70 bits per heavy atom. The summed E-state index contributed by atoms with van der Waals surface area (Å²) in [6, 6.07) is 13.3. The molecule has 0 fully saturated rings. The van der Waals surface area contributed by atoms with Gasteiger partial charge in [0, 0.05) is 18.0 Å². The Morgan fingerprint density at radius 3 is 2.39 bits per heavy atom. The highest BCUT2D eigenvalue weighted by molar-refractivity contribution is 6.02. The number of rotatable bonds is 3. The molecule has 0 aromatic heterocycles. The van der Waals surface area contributed by atoms with E-state index >= 15 is 0 Å². The molecule has 0 aliphatic heterocycles. The average Bonchev–Trinajstić information content (AvgIpc) is 2.45. The van der Waals surface area contributed by atoms with Crippen molar-refractivity contribution in [2.24, 2.45) is 0 Å². The maximum atomic E-state index is 12.3. The molecule has 23 heavy (non-hydrogen) atoms. The van der Waals surface area contributed by atoms with Crippen molar-refractivity contribution in [3.63, 3.8) is 0 Å². The van der Waals surface area contributed by atoms with Gasteiger partial charge in [-0.25, -0.2) is 4.79 Å². The first kappa shape index (κ1) is 16.8. The molecule has 0 aliphatic rings. The van der Waals surface area contributed by atoms with E-state index in [1.54, 1.807) is 7.05 Å². The molecular weight excluding hydrogens is 290 g/mol. The number of amides is 3. The number of likely N-dealkylation sites (N-methyl/N-ethyl adjacent to an activating group) is 1. The first-order valence-electron chi connectivity index (χ1n) is 7.57. The first-order valence-corrected chi connectivity index (χ1v) is 7.57. The lowest BCUT2D eigenvalue weighted by Gasteiger charge is -2.23. The van der Waals surface area contributed by atoms with Gasteiger partial charge < -0.3 is 15.5 Å². The largest absolute Gasteiger partial charge is 0.350 e. The Hall–Kier alpha value is -2.56. The van der Waals surface area contributed by atoms with Gasteiger partial charge in [-0.05, 0) is 32.2 Å². The Morgan fingerprint density at radius 1 is 1.04 bits per heavy atom. The van der Waals surface area contributed by atoms with Gasteiger partial charge in [0.1, 0.15) is 6.54 Å². The van der Waals surface area contributed by atoms with Crippen molar-refractivity contribution in [1.29, 1.82) is 0 Å². The van der Waals surface area contributed by atoms with Gasteiger partial charge >= 0.3 is 6.03 Å². The van der Waals surface area contributed by atoms with Gasteiger partial charge in [-0.1, -0.05) is 36.4 Å². The zero-order valence-electron chi connectivity index (χ0n) is 14.0. The highest BCUT2D eigenvalue weighted by atomic mass is 16.2. The van der Waals surface area contributed by atoms with E-state index < -0.39 is 0 Å². The first-order chi connectivity index (χ1) is 10.8. The molecule has 5 nitrogen and oxygen atoms in total. The normalized spacial score (nSPS) is 11.1. The molecule has 0 bridgehead atoms. The van der Waals surface area contributed by atoms with Crippen LogP contribution in [-0.4, -0.2) is 36.0 Å². The van der Waals surface area contributed by atoms with Crippen LogP contribution in [-0.2, 0) is 4.79 Å². The molecule has 0 spiro atoms. The highest BCUT2D eigenvalue weighted by Crippen LogP contribution is 2.23. The third kappa shape index (κ3) is 4.71. The van der Waals surface area contributed by atoms with Crippen LogP contribution in [0.25, 0.3) is 10.8 Å². The maximum Gasteiger partial charge on any atom is 0.322 e. The zero-order valence-corrected chi connectivity index (χ0v) is 14.0. The molecule has 122 valence electrons. The average molecular weight is 313 g/mol. The molecule has 2 aromatic rings. The van der Waals surface area contributed by atoms with Crippen LogP contribution in [0.15, 0.2) is 42.5 Å². The number of urea groups is 1. The summed E-state index contributed by atoms with van der Waals surface area (Å²) in [6.07, 6.45) is 0. The van der Waals surface area contributed by atoms with Crippen molar-refractivity contribution >= 4 is 28.4 Å². The summed E-state index contributed by atoms with van der Waals surface area (Å²) < 4.78 is 0. The molecule has 5 heteroatoms. The van der Waals surface area contributed by atoms with Crippen LogP contribution in [0.4, 0.5) is 10.5 Å². The van der Waals surface area contributed by atoms with Crippen LogP contribution < -0.4 is 10.6 Å². The van der Waals surface area contributed by atoms with Crippen LogP contribution in [0.5, 0.6) is 0 Å². The minimum absolute atomic E-state index is 0.00781. The highest BCUT2D eigenvalue weighted by Gasteiger charge is 2.18. The molecule has 0 unspecified atom stereocenters. The lowest BCUT2D eigenvalue weighted by atomic mass is 10.1. The summed E-state index contributed by atoms with van der Waals surface area (Å²) in [6.45, 7) is 5.72. The van der Waals surface area contributed by atoms with Gasteiger partial charge in [0.15, 0.2) is 0 Å². The molecule has 2 rings (SSSR count). The number of fused-ring (bicyclic) bond motifs is 1. The fourth-order valence-corrected chi connectivity index (χ4v) is 2.29. The SMILES string of the molecule is CN(CC(=O)NC(C)(C)C)C(=O)Nc1cccc2ccccc12. The zero-order chi connectivity index (χ0) is 17.0. The molecule has 2 N–H and O–H groups in total. The fourth-order valence-electron chi connectivity index (χ4n) is 2.29. The molecule has 3 amide bonds. The molecule has 0 radical (unpaired) electrons. The van der Waals surface area contributed by atoms with Crippen LogP contribution in [0.1, 0.15) is 20.8 Å². The number of hydrogen-bond acceptors (Lipinski definition) is 2. The summed E-state index contributed by atoms with van der Waals surface area (Å²) in [4.78, 5) is 25.6. The van der Waals surface area contributed by atoms with Crippen molar-refractivity contribution in [2.75, 3.05) is 18.9 Å². The summed E-state index contributed by atoms with van der Waals surface area (Å²) in [5, 5.41) is 7.72. The number of hydrogen-bond donors (Lipinski definition) is 2. The monoisotopic (exact) mass is 313 g/mol. The maximum absolute atomic E-state index is 12.3. The van der Waals surface area contributed by atoms with Crippen LogP contribution in [0.3, 0.4) is 0 Å². The van der Waals surface area contributed by atoms with E-state index in [4.69, 9.17) is 0 Å². The van der Waals surface area contributed by atoms with Crippen LogP contribution >= 0.6 is 0 Å². The molecule has 0 heterocycles. The standard InChI is InChI=1S/C18H23N3O2/c1-18(2,3)20-16(22)12-21(4)17(23)19-15-11-7-9-13-8-5-6-10-14(13)15/h5-11H,12H2,1-4H3,(H,19,23)(H,20,22). The molecule has 0 saturated carbocycles. The fraction of sp³-hybridized carbons (Fsp3) is 0.333. The van der Waals surface area contributed by atoms with Gasteiger partial charge in [0.25, 0.3) is 0 Å². The van der Waals surface area contributed by atoms with Crippen molar-refractivity contribution in [1.82, 2.24) is 10.2 Å². The number of nitrogens with one attached hydrogen (secondary N) is 2. The van der Waals surface area contributed by atoms with Gasteiger partial charge in [0.05, 0.1) is 5.69 Å². The smallest absolute Gasteiger partial charge is 0.322 e. The minimum Gasteiger partial charge on any atom is -0.350 e. The van der Waals surface area contributed by atoms with Crippen molar-refractivity contribution in [3.8, 4) is 0 Å². The van der Waals surface area contributed by atoms with Crippen molar-refractivity contribution in [3.05, 3.63) is 42.5 Å². The number of carbonyl (C=O) groups is 2. The van der Waals surface area contributed by atoms with Crippen molar-refractivity contribution < 1.29 is 9.59 Å². The van der Waals surface area contributed by atoms with Gasteiger partial charge in [0.2, 0.25) is 5.91 Å². The topological polar surface area (TPSA) is 61.4 Å². The third-order valence-corrected chi connectivity index (χ3v) is 3.27. The second-order valence-corrected chi connectivity index (χ2v) is 6.61. The number of nitrogens with zero attached hydrogens (tertiary/aromatic N) is 1. The van der Waals surface area contributed by atoms with E-state index in [0.29, 0.717) is 0 Å². The summed E-state index contributed by atoms with van der Waals surface area (Å²) >= 11 is 0. The number of carbonyl (C=O) groups excluding carboxylic acids is 2. The van der Waals surface area contributed by atoms with Gasteiger partial charge in [-0.15, -0.1) is 0 Å². The Kier molecular flexibility index (Phi) is 4.89. The molecular formula is C18H23N3O2. The van der Waals surface area contributed by atoms with E-state index in [2.05, 4.69) is 10.6 Å². The number of anilines is 1. The Labute approximate surface area is 136 Å². The second-order valence-electron chi connectivity index (χ2n) is 6.61. The van der Waals surface area contributed by atoms with E-state index in [9.17, 15) is 9.59 Å². The van der Waals surface area contributed by atoms with Crippen LogP contribution in [0.2, 0.25) is 0 Å². The summed E-state index contributed by atoms with van der Waals surface area (Å²) in [5.41, 5.74) is 0.417. The Bertz CT molecular complexity index is 714. The van der Waals surface area contributed by atoms with Gasteiger partial charge in [-0.3, -0.25) is 4.79 Å². The van der Waals surface area contributed by atoms with Gasteiger partial charge in [-0.2, -0.15) is 0 Å². The molecule has 2 aromatic carbocycles. The molecule has 0 atom stereocenters. The van der Waals surface area contributed by atoms with Crippen LogP contribution in [0, 0.1) is 0 Å². The molecule has 0 saturated heterocycles. The lowest BCUT2D eigenvalue weighted by molar-refractivity contribution is -0.122. The molecule has 0 aliphatic carbocycles. The quantitative estimate of drug-likeness (QED) is 0.914. The lowest BCUT2D eigenvalue weighted by Crippen LogP contribution is -2.47. The predicted molar refractivity (Wildman–Crippen MR) is 93.5 cm³/mol. The predicted octanol–water partition coefficient (Wildman–Crippen LogP) is 3.22. The Balaban J connectivity index is 2.04. The van der Waals surface area contributed by atoms with E-state index in [1.165, 1.54) is 4.90 Å². The second kappa shape index (κ2) is 6.69. The van der Waals surface area contributed by atoms with E-state index in [-0.39, 0.29) is 24.0 Å². The third-order valence-electron chi connectivity index (χ3n) is 3.27.